The first kappa shape index (κ1) is 16.0. The number of aryl methyl sites for hydroxylation is 1. The summed E-state index contributed by atoms with van der Waals surface area (Å²) in [7, 11) is 3.01. The lowest BCUT2D eigenvalue weighted by molar-refractivity contribution is 0.0698. The van der Waals surface area contributed by atoms with E-state index in [0.29, 0.717) is 16.9 Å². The largest absolute Gasteiger partial charge is 0.478 e. The number of nitrogens with two attached hydrogens (primary N) is 1. The number of hydrogen-bond donors (Lipinski definition) is 3. The Morgan fingerprint density at radius 3 is 2.43 bits per heavy atom. The van der Waals surface area contributed by atoms with Crippen LogP contribution in [0, 0.1) is 0 Å². The fraction of sp³-hybridized carbons (Fsp3) is 0.143. The minimum absolute atomic E-state index is 0.155. The number of aromatic nitrogens is 4. The number of anilines is 1. The molecule has 0 radical (unpaired) electrons. The van der Waals surface area contributed by atoms with Crippen LogP contribution in [0.15, 0.2) is 40.2 Å². The predicted molar refractivity (Wildman–Crippen MR) is 84.4 cm³/mol. The topological polar surface area (TPSA) is 136 Å². The van der Waals surface area contributed by atoms with Crippen LogP contribution in [-0.2, 0) is 14.1 Å². The number of rotatable bonds is 1. The van der Waals surface area contributed by atoms with Gasteiger partial charge in [-0.1, -0.05) is 12.1 Å². The highest BCUT2D eigenvalue weighted by atomic mass is 16.4. The van der Waals surface area contributed by atoms with Crippen LogP contribution in [0.2, 0.25) is 0 Å². The number of aromatic amines is 1. The summed E-state index contributed by atoms with van der Waals surface area (Å²) in [5.74, 6) is -0.988. The summed E-state index contributed by atoms with van der Waals surface area (Å²) in [6.07, 6.45) is 1.39. The van der Waals surface area contributed by atoms with Crippen molar-refractivity contribution in [2.75, 3.05) is 5.73 Å². The summed E-state index contributed by atoms with van der Waals surface area (Å²) in [6.45, 7) is 0. The molecule has 4 N–H and O–H groups in total. The molecule has 23 heavy (non-hydrogen) atoms. The average molecular weight is 317 g/mol. The van der Waals surface area contributed by atoms with Crippen LogP contribution in [-0.4, -0.2) is 30.2 Å². The van der Waals surface area contributed by atoms with Crippen LogP contribution in [0.25, 0.3) is 11.2 Å². The van der Waals surface area contributed by atoms with Gasteiger partial charge in [-0.2, -0.15) is 0 Å². The zero-order chi connectivity index (χ0) is 17.1. The fourth-order valence-electron chi connectivity index (χ4n) is 1.96. The highest BCUT2D eigenvalue weighted by molar-refractivity contribution is 5.93. The number of H-pyrrole nitrogens is 1. The molecule has 0 aliphatic heterocycles. The van der Waals surface area contributed by atoms with Crippen molar-refractivity contribution in [2.24, 2.45) is 14.1 Å². The maximum atomic E-state index is 11.4. The number of hydrogen-bond acceptors (Lipinski definition) is 5. The average Bonchev–Trinajstić information content (AvgIpc) is 3.01. The smallest absolute Gasteiger partial charge is 0.337 e. The monoisotopic (exact) mass is 317 g/mol. The number of para-hydroxylation sites is 1. The SMILES string of the molecule is Cn1c(=O)c2[nH]cnc2n(C)c1=O.Nc1ccccc1C(=O)O. The number of aromatic carboxylic acids is 1. The Labute approximate surface area is 129 Å². The van der Waals surface area contributed by atoms with Crippen LogP contribution in [0.5, 0.6) is 0 Å². The molecule has 120 valence electrons. The zero-order valence-corrected chi connectivity index (χ0v) is 12.5. The van der Waals surface area contributed by atoms with Gasteiger partial charge in [0.2, 0.25) is 0 Å². The lowest BCUT2D eigenvalue weighted by Gasteiger charge is -2.00. The molecule has 0 atom stereocenters. The fourth-order valence-corrected chi connectivity index (χ4v) is 1.96. The maximum absolute atomic E-state index is 11.4. The van der Waals surface area contributed by atoms with E-state index in [1.165, 1.54) is 24.0 Å². The van der Waals surface area contributed by atoms with Crippen molar-refractivity contribution in [3.63, 3.8) is 0 Å². The van der Waals surface area contributed by atoms with Gasteiger partial charge < -0.3 is 15.8 Å². The molecule has 3 rings (SSSR count). The van der Waals surface area contributed by atoms with Gasteiger partial charge in [0.25, 0.3) is 5.56 Å². The van der Waals surface area contributed by atoms with E-state index in [2.05, 4.69) is 9.97 Å². The van der Waals surface area contributed by atoms with Gasteiger partial charge in [-0.3, -0.25) is 13.9 Å². The van der Waals surface area contributed by atoms with Crippen LogP contribution >= 0.6 is 0 Å². The summed E-state index contributed by atoms with van der Waals surface area (Å²) in [4.78, 5) is 39.7. The summed E-state index contributed by atoms with van der Waals surface area (Å²) in [5, 5.41) is 8.49. The number of imidazole rings is 1. The van der Waals surface area contributed by atoms with Crippen molar-refractivity contribution in [2.45, 2.75) is 0 Å². The summed E-state index contributed by atoms with van der Waals surface area (Å²) >= 11 is 0. The molecule has 0 fully saturated rings. The quantitative estimate of drug-likeness (QED) is 0.537. The van der Waals surface area contributed by atoms with Gasteiger partial charge in [-0.15, -0.1) is 0 Å². The molecule has 0 amide bonds. The van der Waals surface area contributed by atoms with Crippen molar-refractivity contribution in [3.05, 3.63) is 57.0 Å². The molecule has 0 aliphatic carbocycles. The van der Waals surface area contributed by atoms with Crippen molar-refractivity contribution < 1.29 is 9.90 Å². The number of nitrogens with zero attached hydrogens (tertiary/aromatic N) is 3. The molecule has 1 aromatic carbocycles. The Balaban J connectivity index is 0.000000174. The first-order chi connectivity index (χ1) is 10.8. The number of carboxylic acids is 1. The Hall–Kier alpha value is -3.36. The molecule has 0 saturated carbocycles. The number of carboxylic acid groups (broad SMARTS) is 1. The Morgan fingerprint density at radius 1 is 1.22 bits per heavy atom. The van der Waals surface area contributed by atoms with E-state index >= 15 is 0 Å². The van der Waals surface area contributed by atoms with E-state index in [1.807, 2.05) is 0 Å². The summed E-state index contributed by atoms with van der Waals surface area (Å²) in [6, 6.07) is 6.36. The van der Waals surface area contributed by atoms with Crippen molar-refractivity contribution in [3.8, 4) is 0 Å². The number of carbonyl (C=O) groups is 1. The normalized spacial score (nSPS) is 10.2. The third-order valence-electron chi connectivity index (χ3n) is 3.22. The van der Waals surface area contributed by atoms with E-state index in [4.69, 9.17) is 10.8 Å². The van der Waals surface area contributed by atoms with Crippen molar-refractivity contribution in [1.29, 1.82) is 0 Å². The zero-order valence-electron chi connectivity index (χ0n) is 12.5. The third kappa shape index (κ3) is 2.98. The Kier molecular flexibility index (Phi) is 4.30. The van der Waals surface area contributed by atoms with E-state index in [9.17, 15) is 14.4 Å². The highest BCUT2D eigenvalue weighted by Gasteiger charge is 2.09. The lowest BCUT2D eigenvalue weighted by Crippen LogP contribution is -2.36. The minimum atomic E-state index is -0.988. The molecule has 0 aliphatic rings. The molecular weight excluding hydrogens is 302 g/mol. The van der Waals surface area contributed by atoms with Gasteiger partial charge in [-0.05, 0) is 12.1 Å². The summed E-state index contributed by atoms with van der Waals surface area (Å²) < 4.78 is 2.37. The summed E-state index contributed by atoms with van der Waals surface area (Å²) in [5.41, 5.74) is 5.81. The third-order valence-corrected chi connectivity index (χ3v) is 3.22. The molecule has 0 saturated heterocycles. The Bertz CT molecular complexity index is 983. The second-order valence-electron chi connectivity index (χ2n) is 4.70. The second-order valence-corrected chi connectivity index (χ2v) is 4.70. The first-order valence-corrected chi connectivity index (χ1v) is 6.51. The van der Waals surface area contributed by atoms with E-state index in [0.717, 1.165) is 4.57 Å². The van der Waals surface area contributed by atoms with Crippen LogP contribution in [0.4, 0.5) is 5.69 Å². The molecule has 9 nitrogen and oxygen atoms in total. The number of nitrogen functional groups attached to an aromatic ring is 1. The van der Waals surface area contributed by atoms with Gasteiger partial charge in [0.15, 0.2) is 5.65 Å². The van der Waals surface area contributed by atoms with Crippen LogP contribution in [0.1, 0.15) is 10.4 Å². The second kappa shape index (κ2) is 6.18. The molecular formula is C14H15N5O4. The van der Waals surface area contributed by atoms with E-state index < -0.39 is 5.97 Å². The van der Waals surface area contributed by atoms with Crippen LogP contribution < -0.4 is 17.0 Å². The van der Waals surface area contributed by atoms with Crippen molar-refractivity contribution >= 4 is 22.8 Å². The standard InChI is InChI=1S/C7H8N4O2.C7H7NO2/c1-10-5-4(8-3-9-5)6(12)11(2)7(10)13;8-6-4-2-1-3-5(6)7(9)10/h3H,1-2H3,(H,8,9);1-4H,8H2,(H,9,10). The lowest BCUT2D eigenvalue weighted by atomic mass is 10.2. The molecule has 3 aromatic rings. The maximum Gasteiger partial charge on any atom is 0.337 e. The molecule has 0 spiro atoms. The Morgan fingerprint density at radius 2 is 1.87 bits per heavy atom. The van der Waals surface area contributed by atoms with Gasteiger partial charge >= 0.3 is 11.7 Å². The number of nitrogens with one attached hydrogen (secondary N) is 1. The van der Waals surface area contributed by atoms with Crippen molar-refractivity contribution in [1.82, 2.24) is 19.1 Å². The van der Waals surface area contributed by atoms with Crippen LogP contribution in [0.3, 0.4) is 0 Å². The highest BCUT2D eigenvalue weighted by Crippen LogP contribution is 2.09. The van der Waals surface area contributed by atoms with Gasteiger partial charge in [-0.25, -0.2) is 14.6 Å². The first-order valence-electron chi connectivity index (χ1n) is 6.51. The molecule has 0 unspecified atom stereocenters. The number of benzene rings is 1. The number of fused-ring (bicyclic) bond motifs is 1. The minimum Gasteiger partial charge on any atom is -0.478 e. The molecule has 2 heterocycles. The van der Waals surface area contributed by atoms with Gasteiger partial charge in [0.05, 0.1) is 11.9 Å². The van der Waals surface area contributed by atoms with E-state index in [1.54, 1.807) is 25.2 Å². The van der Waals surface area contributed by atoms with Gasteiger partial charge in [0.1, 0.15) is 5.52 Å². The predicted octanol–water partition coefficient (Wildman–Crippen LogP) is -0.0727. The molecule has 9 heteroatoms. The molecule has 0 bridgehead atoms. The van der Waals surface area contributed by atoms with Gasteiger partial charge in [0, 0.05) is 19.8 Å². The molecule has 2 aromatic heterocycles. The van der Waals surface area contributed by atoms with E-state index in [-0.39, 0.29) is 16.8 Å².